The largest absolute Gasteiger partial charge is 0.349 e. The van der Waals surface area contributed by atoms with Crippen molar-refractivity contribution in [2.24, 2.45) is 0 Å². The van der Waals surface area contributed by atoms with Gasteiger partial charge < -0.3 is 10.6 Å². The Morgan fingerprint density at radius 1 is 1.03 bits per heavy atom. The smallest absolute Gasteiger partial charge is 0.261 e. The zero-order valence-corrected chi connectivity index (χ0v) is 20.1. The molecule has 0 saturated heterocycles. The van der Waals surface area contributed by atoms with E-state index < -0.39 is 0 Å². The second-order valence-corrected chi connectivity index (χ2v) is 10.3. The number of carbonyl (C=O) groups is 1. The molecule has 1 amide bonds. The molecule has 6 rings (SSSR count). The molecule has 168 valence electrons. The van der Waals surface area contributed by atoms with E-state index in [1.165, 1.54) is 11.3 Å². The average molecular weight is 485 g/mol. The Labute approximate surface area is 202 Å². The van der Waals surface area contributed by atoms with E-state index in [0.717, 1.165) is 48.2 Å². The molecular weight excluding hydrogens is 464 g/mol. The molecule has 2 aromatic carbocycles. The molecule has 0 bridgehead atoms. The molecule has 34 heavy (non-hydrogen) atoms. The summed E-state index contributed by atoms with van der Waals surface area (Å²) in [7, 11) is 0. The third-order valence-corrected chi connectivity index (χ3v) is 7.44. The molecule has 6 aromatic rings. The number of nitrogens with zero attached hydrogens (tertiary/aromatic N) is 3. The van der Waals surface area contributed by atoms with Gasteiger partial charge in [-0.25, -0.2) is 9.97 Å². The molecule has 0 aliphatic heterocycles. The van der Waals surface area contributed by atoms with Crippen LogP contribution >= 0.6 is 22.7 Å². The predicted molar refractivity (Wildman–Crippen MR) is 140 cm³/mol. The van der Waals surface area contributed by atoms with Crippen molar-refractivity contribution in [3.63, 3.8) is 0 Å². The van der Waals surface area contributed by atoms with Crippen molar-refractivity contribution in [2.75, 3.05) is 5.32 Å². The topological polar surface area (TPSA) is 95.6 Å². The van der Waals surface area contributed by atoms with E-state index >= 15 is 0 Å². The van der Waals surface area contributed by atoms with E-state index in [-0.39, 0.29) is 11.9 Å². The Morgan fingerprint density at radius 2 is 1.94 bits per heavy atom. The lowest BCUT2D eigenvalue weighted by Crippen LogP contribution is -2.29. The van der Waals surface area contributed by atoms with Crippen molar-refractivity contribution in [3.8, 4) is 11.3 Å². The first-order valence-corrected chi connectivity index (χ1v) is 12.5. The number of benzene rings is 2. The van der Waals surface area contributed by atoms with Crippen LogP contribution in [0.5, 0.6) is 0 Å². The maximum absolute atomic E-state index is 12.5. The highest BCUT2D eigenvalue weighted by Crippen LogP contribution is 2.35. The first kappa shape index (κ1) is 20.8. The number of thiophene rings is 2. The van der Waals surface area contributed by atoms with E-state index in [1.54, 1.807) is 17.5 Å². The fourth-order valence-corrected chi connectivity index (χ4v) is 5.74. The van der Waals surface area contributed by atoms with Crippen LogP contribution in [-0.2, 0) is 0 Å². The maximum atomic E-state index is 12.5. The number of amides is 1. The molecular formula is C25H20N6OS2. The number of fused-ring (bicyclic) bond motifs is 3. The zero-order valence-electron chi connectivity index (χ0n) is 18.4. The Hall–Kier alpha value is -3.82. The van der Waals surface area contributed by atoms with E-state index in [9.17, 15) is 4.79 Å². The van der Waals surface area contributed by atoms with Crippen molar-refractivity contribution in [2.45, 2.75) is 19.9 Å². The second-order valence-electron chi connectivity index (χ2n) is 8.32. The molecule has 9 heteroatoms. The maximum Gasteiger partial charge on any atom is 0.261 e. The molecule has 4 aromatic heterocycles. The predicted octanol–water partition coefficient (Wildman–Crippen LogP) is 6.33. The van der Waals surface area contributed by atoms with Gasteiger partial charge >= 0.3 is 0 Å². The molecule has 0 radical (unpaired) electrons. The molecule has 0 saturated carbocycles. The van der Waals surface area contributed by atoms with Gasteiger partial charge in [-0.1, -0.05) is 12.1 Å². The number of hydrogen-bond donors (Lipinski definition) is 3. The van der Waals surface area contributed by atoms with Crippen LogP contribution in [0.25, 0.3) is 42.5 Å². The first-order chi connectivity index (χ1) is 16.5. The number of carbonyl (C=O) groups excluding carboxylic acids is 1. The van der Waals surface area contributed by atoms with Gasteiger partial charge in [0, 0.05) is 27.4 Å². The van der Waals surface area contributed by atoms with Gasteiger partial charge in [-0.3, -0.25) is 9.89 Å². The number of anilines is 2. The van der Waals surface area contributed by atoms with Gasteiger partial charge in [-0.05, 0) is 61.0 Å². The van der Waals surface area contributed by atoms with Crippen molar-refractivity contribution in [3.05, 3.63) is 65.0 Å². The van der Waals surface area contributed by atoms with Crippen LogP contribution in [0.15, 0.2) is 60.1 Å². The third kappa shape index (κ3) is 3.78. The summed E-state index contributed by atoms with van der Waals surface area (Å²) in [6.07, 6.45) is 1.79. The van der Waals surface area contributed by atoms with E-state index in [4.69, 9.17) is 9.97 Å². The molecule has 0 unspecified atom stereocenters. The third-order valence-electron chi connectivity index (χ3n) is 5.44. The standard InChI is InChI=1S/C25H20N6OS2/c1-13(2)27-24(32)21-10-14-3-4-15(11-20(14)34-21)22-23-19(7-8-33-23)29-25(30-22)28-17-5-6-18-16(9-17)12-26-31-18/h3-13H,1-2H3,(H,26,31)(H,27,32)(H,28,29,30). The summed E-state index contributed by atoms with van der Waals surface area (Å²) in [5.41, 5.74) is 4.63. The summed E-state index contributed by atoms with van der Waals surface area (Å²) in [6, 6.07) is 16.2. The number of rotatable bonds is 5. The summed E-state index contributed by atoms with van der Waals surface area (Å²) in [5, 5.41) is 17.4. The van der Waals surface area contributed by atoms with Gasteiger partial charge in [0.15, 0.2) is 0 Å². The first-order valence-electron chi connectivity index (χ1n) is 10.8. The van der Waals surface area contributed by atoms with Crippen LogP contribution < -0.4 is 10.6 Å². The van der Waals surface area contributed by atoms with Crippen molar-refractivity contribution in [1.82, 2.24) is 25.5 Å². The number of hydrogen-bond acceptors (Lipinski definition) is 7. The minimum absolute atomic E-state index is 0.0403. The van der Waals surface area contributed by atoms with Gasteiger partial charge in [-0.15, -0.1) is 22.7 Å². The molecule has 0 aliphatic carbocycles. The van der Waals surface area contributed by atoms with Crippen molar-refractivity contribution >= 4 is 71.4 Å². The number of aromatic nitrogens is 4. The minimum atomic E-state index is -0.0403. The number of nitrogens with one attached hydrogen (secondary N) is 3. The van der Waals surface area contributed by atoms with Crippen LogP contribution in [0.1, 0.15) is 23.5 Å². The molecule has 7 nitrogen and oxygen atoms in total. The van der Waals surface area contributed by atoms with Gasteiger partial charge in [0.1, 0.15) is 0 Å². The normalized spacial score (nSPS) is 11.6. The molecule has 3 N–H and O–H groups in total. The zero-order chi connectivity index (χ0) is 23.2. The van der Waals surface area contributed by atoms with Crippen LogP contribution in [0.3, 0.4) is 0 Å². The van der Waals surface area contributed by atoms with Crippen molar-refractivity contribution < 1.29 is 4.79 Å². The van der Waals surface area contributed by atoms with Gasteiger partial charge in [0.05, 0.1) is 32.5 Å². The summed E-state index contributed by atoms with van der Waals surface area (Å²) in [6.45, 7) is 3.92. The van der Waals surface area contributed by atoms with E-state index in [2.05, 4.69) is 39.0 Å². The van der Waals surface area contributed by atoms with Gasteiger partial charge in [-0.2, -0.15) is 5.10 Å². The summed E-state index contributed by atoms with van der Waals surface area (Å²) in [4.78, 5) is 22.8. The molecule has 0 aliphatic rings. The number of H-pyrrole nitrogens is 1. The second kappa shape index (κ2) is 8.19. The highest BCUT2D eigenvalue weighted by molar-refractivity contribution is 7.20. The van der Waals surface area contributed by atoms with Crippen LogP contribution in [0, 0.1) is 0 Å². The minimum Gasteiger partial charge on any atom is -0.349 e. The van der Waals surface area contributed by atoms with Crippen LogP contribution in [-0.4, -0.2) is 32.1 Å². The summed E-state index contributed by atoms with van der Waals surface area (Å²) in [5.74, 6) is 0.494. The molecule has 0 fully saturated rings. The lowest BCUT2D eigenvalue weighted by molar-refractivity contribution is 0.0947. The Bertz CT molecular complexity index is 1680. The molecule has 0 spiro atoms. The van der Waals surface area contributed by atoms with Gasteiger partial charge in [0.25, 0.3) is 5.91 Å². The highest BCUT2D eigenvalue weighted by atomic mass is 32.1. The Morgan fingerprint density at radius 3 is 2.82 bits per heavy atom. The fourth-order valence-electron chi connectivity index (χ4n) is 3.89. The summed E-state index contributed by atoms with van der Waals surface area (Å²) < 4.78 is 2.08. The fraction of sp³-hybridized carbons (Fsp3) is 0.120. The van der Waals surface area contributed by atoms with Gasteiger partial charge in [0.2, 0.25) is 5.95 Å². The lowest BCUT2D eigenvalue weighted by Gasteiger charge is -2.09. The van der Waals surface area contributed by atoms with E-state index in [0.29, 0.717) is 10.8 Å². The Balaban J connectivity index is 1.39. The Kier molecular flexibility index (Phi) is 5.00. The summed E-state index contributed by atoms with van der Waals surface area (Å²) >= 11 is 3.12. The van der Waals surface area contributed by atoms with Crippen molar-refractivity contribution in [1.29, 1.82) is 0 Å². The number of aromatic amines is 1. The van der Waals surface area contributed by atoms with Crippen LogP contribution in [0.2, 0.25) is 0 Å². The molecule has 4 heterocycles. The lowest BCUT2D eigenvalue weighted by atomic mass is 10.1. The quantitative estimate of drug-likeness (QED) is 0.266. The van der Waals surface area contributed by atoms with Crippen LogP contribution in [0.4, 0.5) is 11.6 Å². The van der Waals surface area contributed by atoms with E-state index in [1.807, 2.05) is 49.6 Å². The monoisotopic (exact) mass is 484 g/mol. The SMILES string of the molecule is CC(C)NC(=O)c1cc2ccc(-c3nc(Nc4ccc5[nH]ncc5c4)nc4ccsc34)cc2s1. The average Bonchev–Trinajstić information content (AvgIpc) is 3.56. The molecule has 0 atom stereocenters. The highest BCUT2D eigenvalue weighted by Gasteiger charge is 2.15.